The van der Waals surface area contributed by atoms with E-state index in [0.717, 1.165) is 31.2 Å². The second kappa shape index (κ2) is 16.7. The number of halogens is 7. The SMILES string of the molecule is CN1CCN(CCN(c2cc(C(=O)O[C@@H](Cc3c(Cl)cncc3Cl)c3ccc(OC(F)F)c(OCC4CC4)c3)ccc2C(F)(F)F)S(C)(=O)=O)CC1. The molecular formula is C34H37Cl2F5N4O6S. The minimum absolute atomic E-state index is 0.0429. The first kappa shape index (κ1) is 39.8. The number of likely N-dealkylation sites (N-methyl/N-ethyl adjacent to an activating group) is 1. The summed E-state index contributed by atoms with van der Waals surface area (Å²) in [5.41, 5.74) is -1.82. The molecule has 0 N–H and O–H groups in total. The van der Waals surface area contributed by atoms with Gasteiger partial charge in [-0.25, -0.2) is 13.2 Å². The smallest absolute Gasteiger partial charge is 0.418 e. The molecule has 0 spiro atoms. The van der Waals surface area contributed by atoms with Crippen LogP contribution in [0.3, 0.4) is 0 Å². The van der Waals surface area contributed by atoms with Crippen molar-refractivity contribution in [2.75, 3.05) is 63.5 Å². The molecule has 1 atom stereocenters. The Balaban J connectivity index is 1.50. The van der Waals surface area contributed by atoms with Gasteiger partial charge in [0.15, 0.2) is 11.5 Å². The van der Waals surface area contributed by atoms with Crippen molar-refractivity contribution in [3.63, 3.8) is 0 Å². The minimum Gasteiger partial charge on any atom is -0.489 e. The lowest BCUT2D eigenvalue weighted by atomic mass is 10.0. The van der Waals surface area contributed by atoms with Gasteiger partial charge >= 0.3 is 18.8 Å². The van der Waals surface area contributed by atoms with E-state index in [-0.39, 0.29) is 64.7 Å². The summed E-state index contributed by atoms with van der Waals surface area (Å²) in [5, 5.41) is 0.245. The highest BCUT2D eigenvalue weighted by atomic mass is 35.5. The highest BCUT2D eigenvalue weighted by Crippen LogP contribution is 2.40. The highest BCUT2D eigenvalue weighted by Gasteiger charge is 2.38. The molecule has 52 heavy (non-hydrogen) atoms. The van der Waals surface area contributed by atoms with E-state index in [0.29, 0.717) is 42.1 Å². The third-order valence-electron chi connectivity index (χ3n) is 8.74. The third kappa shape index (κ3) is 10.6. The van der Waals surface area contributed by atoms with Crippen molar-refractivity contribution in [3.05, 3.63) is 81.1 Å². The molecule has 0 radical (unpaired) electrons. The number of carbonyl (C=O) groups excluding carboxylic acids is 1. The number of aromatic nitrogens is 1. The summed E-state index contributed by atoms with van der Waals surface area (Å²) < 4.78 is 112. The van der Waals surface area contributed by atoms with Gasteiger partial charge in [0.1, 0.15) is 6.10 Å². The van der Waals surface area contributed by atoms with Gasteiger partial charge < -0.3 is 19.1 Å². The lowest BCUT2D eigenvalue weighted by Crippen LogP contribution is -2.47. The number of esters is 1. The maximum absolute atomic E-state index is 14.3. The summed E-state index contributed by atoms with van der Waals surface area (Å²) in [6, 6.07) is 6.31. The monoisotopic (exact) mass is 794 g/mol. The molecular weight excluding hydrogens is 758 g/mol. The van der Waals surface area contributed by atoms with Crippen LogP contribution in [-0.2, 0) is 27.4 Å². The summed E-state index contributed by atoms with van der Waals surface area (Å²) in [6.45, 7) is -0.456. The number of pyridine rings is 1. The van der Waals surface area contributed by atoms with Gasteiger partial charge in [-0.1, -0.05) is 29.3 Å². The van der Waals surface area contributed by atoms with Crippen molar-refractivity contribution >= 4 is 44.9 Å². The van der Waals surface area contributed by atoms with Crippen molar-refractivity contribution in [3.8, 4) is 11.5 Å². The molecule has 1 saturated heterocycles. The maximum atomic E-state index is 14.3. The molecule has 2 fully saturated rings. The number of rotatable bonds is 15. The van der Waals surface area contributed by atoms with Gasteiger partial charge in [0, 0.05) is 58.1 Å². The largest absolute Gasteiger partial charge is 0.489 e. The molecule has 2 aromatic carbocycles. The zero-order valence-corrected chi connectivity index (χ0v) is 30.5. The Morgan fingerprint density at radius 3 is 2.29 bits per heavy atom. The van der Waals surface area contributed by atoms with Crippen LogP contribution in [0.5, 0.6) is 11.5 Å². The third-order valence-corrected chi connectivity index (χ3v) is 10.6. The summed E-state index contributed by atoms with van der Waals surface area (Å²) >= 11 is 12.8. The number of nitrogens with zero attached hydrogens (tertiary/aromatic N) is 4. The Kier molecular flexibility index (Phi) is 12.8. The average Bonchev–Trinajstić information content (AvgIpc) is 3.90. The van der Waals surface area contributed by atoms with Gasteiger partial charge in [-0.15, -0.1) is 0 Å². The predicted molar refractivity (Wildman–Crippen MR) is 185 cm³/mol. The van der Waals surface area contributed by atoms with Crippen LogP contribution in [0.25, 0.3) is 0 Å². The highest BCUT2D eigenvalue weighted by molar-refractivity contribution is 7.92. The maximum Gasteiger partial charge on any atom is 0.418 e. The molecule has 0 amide bonds. The molecule has 10 nitrogen and oxygen atoms in total. The van der Waals surface area contributed by atoms with Crippen molar-refractivity contribution in [1.82, 2.24) is 14.8 Å². The van der Waals surface area contributed by atoms with E-state index in [1.807, 2.05) is 11.9 Å². The minimum atomic E-state index is -4.97. The zero-order chi connectivity index (χ0) is 37.8. The summed E-state index contributed by atoms with van der Waals surface area (Å²) in [4.78, 5) is 21.8. The fourth-order valence-electron chi connectivity index (χ4n) is 5.64. The molecule has 1 saturated carbocycles. The molecule has 284 valence electrons. The number of alkyl halides is 5. The van der Waals surface area contributed by atoms with Crippen LogP contribution in [0.15, 0.2) is 48.8 Å². The quantitative estimate of drug-likeness (QED) is 0.120. The fourth-order valence-corrected chi connectivity index (χ4v) is 7.08. The second-order valence-electron chi connectivity index (χ2n) is 12.7. The van der Waals surface area contributed by atoms with Crippen LogP contribution >= 0.6 is 23.2 Å². The van der Waals surface area contributed by atoms with E-state index < -0.39 is 46.1 Å². The first-order chi connectivity index (χ1) is 24.5. The second-order valence-corrected chi connectivity index (χ2v) is 15.4. The number of benzene rings is 2. The first-order valence-corrected chi connectivity index (χ1v) is 18.9. The summed E-state index contributed by atoms with van der Waals surface area (Å²) in [6.07, 6.45) is -1.14. The predicted octanol–water partition coefficient (Wildman–Crippen LogP) is 6.95. The average molecular weight is 796 g/mol. The lowest BCUT2D eigenvalue weighted by molar-refractivity contribution is -0.137. The van der Waals surface area contributed by atoms with E-state index in [1.165, 1.54) is 30.6 Å². The number of piperazine rings is 1. The zero-order valence-electron chi connectivity index (χ0n) is 28.2. The van der Waals surface area contributed by atoms with Crippen molar-refractivity contribution < 1.29 is 49.4 Å². The molecule has 1 aliphatic heterocycles. The van der Waals surface area contributed by atoms with Gasteiger partial charge in [0.25, 0.3) is 0 Å². The Hall–Kier alpha value is -3.44. The van der Waals surface area contributed by atoms with Crippen LogP contribution in [0.2, 0.25) is 10.0 Å². The molecule has 1 aliphatic carbocycles. The Morgan fingerprint density at radius 1 is 1.02 bits per heavy atom. The van der Waals surface area contributed by atoms with Gasteiger partial charge in [0.2, 0.25) is 10.0 Å². The Labute approximate surface area is 308 Å². The first-order valence-electron chi connectivity index (χ1n) is 16.3. The van der Waals surface area contributed by atoms with Crippen LogP contribution in [0.4, 0.5) is 27.6 Å². The normalized spacial score (nSPS) is 16.5. The number of sulfonamides is 1. The Bertz CT molecular complexity index is 1820. The van der Waals surface area contributed by atoms with Crippen LogP contribution in [0.1, 0.15) is 46.0 Å². The van der Waals surface area contributed by atoms with Crippen LogP contribution < -0.4 is 13.8 Å². The number of ether oxygens (including phenoxy) is 3. The van der Waals surface area contributed by atoms with Gasteiger partial charge in [0.05, 0.1) is 39.7 Å². The van der Waals surface area contributed by atoms with Gasteiger partial charge in [-0.3, -0.25) is 14.2 Å². The van der Waals surface area contributed by atoms with Crippen molar-refractivity contribution in [2.24, 2.45) is 5.92 Å². The van der Waals surface area contributed by atoms with Crippen LogP contribution in [-0.4, -0.2) is 95.0 Å². The van der Waals surface area contributed by atoms with Crippen LogP contribution in [0, 0.1) is 5.92 Å². The molecule has 1 aromatic heterocycles. The van der Waals surface area contributed by atoms with E-state index in [1.54, 1.807) is 0 Å². The van der Waals surface area contributed by atoms with E-state index in [4.69, 9.17) is 32.7 Å². The van der Waals surface area contributed by atoms with Gasteiger partial charge in [-0.2, -0.15) is 22.0 Å². The summed E-state index contributed by atoms with van der Waals surface area (Å²) in [5.74, 6) is -1.16. The molecule has 0 bridgehead atoms. The number of hydrogen-bond donors (Lipinski definition) is 0. The number of anilines is 1. The molecule has 0 unspecified atom stereocenters. The summed E-state index contributed by atoms with van der Waals surface area (Å²) in [7, 11) is -2.33. The molecule has 5 rings (SSSR count). The van der Waals surface area contributed by atoms with E-state index in [9.17, 15) is 35.2 Å². The standard InChI is InChI=1S/C34H37Cl2F5N4O6S/c1-43-9-11-44(12-10-43)13-14-45(52(2,47)48)28-15-23(5-7-25(28)34(39,40)41)32(46)50-30(17-24-26(35)18-42-19-27(24)36)22-6-8-29(51-33(37)38)31(16-22)49-20-21-3-4-21/h5-8,15-16,18-19,21,30,33H,3-4,9-14,17,20H2,1-2H3/t30-/m0/s1. The topological polar surface area (TPSA) is 102 Å². The van der Waals surface area contributed by atoms with Crippen molar-refractivity contribution in [2.45, 2.75) is 38.2 Å². The van der Waals surface area contributed by atoms with E-state index >= 15 is 0 Å². The molecule has 2 heterocycles. The van der Waals surface area contributed by atoms with Gasteiger partial charge in [-0.05, 0) is 67.3 Å². The molecule has 18 heteroatoms. The molecule has 2 aliphatic rings. The fraction of sp³-hybridized carbons (Fsp3) is 0.471. The number of hydrogen-bond acceptors (Lipinski definition) is 9. The molecule has 3 aromatic rings. The lowest BCUT2D eigenvalue weighted by Gasteiger charge is -2.34. The van der Waals surface area contributed by atoms with E-state index in [2.05, 4.69) is 14.6 Å². The number of carbonyl (C=O) groups is 1. The van der Waals surface area contributed by atoms with Crippen molar-refractivity contribution in [1.29, 1.82) is 0 Å². The Morgan fingerprint density at radius 2 is 1.69 bits per heavy atom.